The zero-order valence-corrected chi connectivity index (χ0v) is 11.0. The second-order valence-electron chi connectivity index (χ2n) is 4.19. The summed E-state index contributed by atoms with van der Waals surface area (Å²) >= 11 is 0. The van der Waals surface area contributed by atoms with E-state index in [-0.39, 0.29) is 6.04 Å². The first kappa shape index (κ1) is 12.4. The topological polar surface area (TPSA) is 49.4 Å². The van der Waals surface area contributed by atoms with E-state index >= 15 is 0 Å². The lowest BCUT2D eigenvalue weighted by Gasteiger charge is -2.21. The second kappa shape index (κ2) is 4.66. The fraction of sp³-hybridized carbons (Fsp3) is 0.500. The van der Waals surface area contributed by atoms with Crippen molar-refractivity contribution in [2.45, 2.75) is 30.7 Å². The van der Waals surface area contributed by atoms with Crippen LogP contribution in [0.15, 0.2) is 29.2 Å². The number of nitrogens with zero attached hydrogens (tertiary/aromatic N) is 1. The van der Waals surface area contributed by atoms with Gasteiger partial charge in [0, 0.05) is 19.6 Å². The normalized spacial score (nSPS) is 16.2. The summed E-state index contributed by atoms with van der Waals surface area (Å²) in [5.74, 6) is 0. The molecule has 1 saturated carbocycles. The van der Waals surface area contributed by atoms with Crippen LogP contribution in [0.3, 0.4) is 0 Å². The van der Waals surface area contributed by atoms with E-state index in [9.17, 15) is 8.42 Å². The molecular formula is C12H18N2O2S. The number of rotatable bonds is 5. The summed E-state index contributed by atoms with van der Waals surface area (Å²) in [6.07, 6.45) is 1.96. The highest BCUT2D eigenvalue weighted by Crippen LogP contribution is 2.33. The fourth-order valence-corrected chi connectivity index (χ4v) is 3.91. The van der Waals surface area contributed by atoms with Crippen LogP contribution in [0.1, 0.15) is 19.8 Å². The van der Waals surface area contributed by atoms with Crippen molar-refractivity contribution in [3.05, 3.63) is 24.3 Å². The molecule has 1 aromatic rings. The van der Waals surface area contributed by atoms with Crippen LogP contribution in [0.25, 0.3) is 0 Å². The molecule has 0 saturated heterocycles. The molecule has 0 radical (unpaired) electrons. The zero-order valence-electron chi connectivity index (χ0n) is 10.2. The molecule has 1 aliphatic carbocycles. The van der Waals surface area contributed by atoms with E-state index in [4.69, 9.17) is 0 Å². The molecule has 2 rings (SSSR count). The van der Waals surface area contributed by atoms with E-state index in [1.807, 2.05) is 13.0 Å². The van der Waals surface area contributed by atoms with Crippen LogP contribution in [0, 0.1) is 0 Å². The number of hydrogen-bond acceptors (Lipinski definition) is 3. The van der Waals surface area contributed by atoms with Crippen LogP contribution >= 0.6 is 0 Å². The van der Waals surface area contributed by atoms with Crippen molar-refractivity contribution >= 4 is 15.7 Å². The second-order valence-corrected chi connectivity index (χ2v) is 6.04. The highest BCUT2D eigenvalue weighted by atomic mass is 32.2. The summed E-state index contributed by atoms with van der Waals surface area (Å²) in [5, 5.41) is 2.93. The van der Waals surface area contributed by atoms with E-state index in [0.717, 1.165) is 12.8 Å². The molecule has 94 valence electrons. The largest absolute Gasteiger partial charge is 0.387 e. The Balaban J connectivity index is 2.42. The lowest BCUT2D eigenvalue weighted by Crippen LogP contribution is -2.33. The molecule has 0 heterocycles. The number of sulfonamides is 1. The van der Waals surface area contributed by atoms with Gasteiger partial charge in [-0.25, -0.2) is 8.42 Å². The van der Waals surface area contributed by atoms with Gasteiger partial charge in [-0.1, -0.05) is 19.1 Å². The van der Waals surface area contributed by atoms with Gasteiger partial charge in [-0.05, 0) is 25.0 Å². The Morgan fingerprint density at radius 1 is 1.35 bits per heavy atom. The van der Waals surface area contributed by atoms with Gasteiger partial charge >= 0.3 is 0 Å². The van der Waals surface area contributed by atoms with E-state index < -0.39 is 10.0 Å². The average molecular weight is 254 g/mol. The summed E-state index contributed by atoms with van der Waals surface area (Å²) < 4.78 is 26.6. The van der Waals surface area contributed by atoms with Gasteiger partial charge < -0.3 is 5.32 Å². The smallest absolute Gasteiger partial charge is 0.245 e. The average Bonchev–Trinajstić information content (AvgIpc) is 3.14. The third kappa shape index (κ3) is 2.30. The molecule has 0 amide bonds. The number of benzene rings is 1. The molecule has 5 heteroatoms. The molecule has 0 spiro atoms. The van der Waals surface area contributed by atoms with Crippen LogP contribution in [0.5, 0.6) is 0 Å². The first-order valence-electron chi connectivity index (χ1n) is 5.90. The highest BCUT2D eigenvalue weighted by Gasteiger charge is 2.37. The van der Waals surface area contributed by atoms with Gasteiger partial charge in [-0.2, -0.15) is 4.31 Å². The van der Waals surface area contributed by atoms with Crippen molar-refractivity contribution in [1.82, 2.24) is 4.31 Å². The van der Waals surface area contributed by atoms with Gasteiger partial charge in [0.2, 0.25) is 10.0 Å². The van der Waals surface area contributed by atoms with E-state index in [1.54, 1.807) is 29.6 Å². The van der Waals surface area contributed by atoms with E-state index in [1.165, 1.54) is 0 Å². The third-order valence-electron chi connectivity index (χ3n) is 3.01. The van der Waals surface area contributed by atoms with Crippen LogP contribution in [0.2, 0.25) is 0 Å². The van der Waals surface area contributed by atoms with Crippen molar-refractivity contribution < 1.29 is 8.42 Å². The lowest BCUT2D eigenvalue weighted by atomic mass is 10.3. The SMILES string of the molecule is CCN(C1CC1)S(=O)(=O)c1ccccc1NC. The standard InChI is InChI=1S/C12H18N2O2S/c1-3-14(10-8-9-10)17(15,16)12-7-5-4-6-11(12)13-2/h4-7,10,13H,3,8-9H2,1-2H3. The predicted molar refractivity (Wildman–Crippen MR) is 68.6 cm³/mol. The molecular weight excluding hydrogens is 236 g/mol. The van der Waals surface area contributed by atoms with Crippen LogP contribution in [-0.2, 0) is 10.0 Å². The van der Waals surface area contributed by atoms with Gasteiger partial charge in [0.05, 0.1) is 5.69 Å². The number of para-hydroxylation sites is 1. The summed E-state index contributed by atoms with van der Waals surface area (Å²) in [5.41, 5.74) is 0.659. The Hall–Kier alpha value is -1.07. The van der Waals surface area contributed by atoms with Gasteiger partial charge in [0.15, 0.2) is 0 Å². The maximum atomic E-state index is 12.5. The Morgan fingerprint density at radius 3 is 2.53 bits per heavy atom. The Labute approximate surface area is 103 Å². The number of hydrogen-bond donors (Lipinski definition) is 1. The minimum absolute atomic E-state index is 0.204. The van der Waals surface area contributed by atoms with Gasteiger partial charge in [-0.3, -0.25) is 0 Å². The third-order valence-corrected chi connectivity index (χ3v) is 5.09. The molecule has 1 aliphatic rings. The molecule has 4 nitrogen and oxygen atoms in total. The van der Waals surface area contributed by atoms with Crippen molar-refractivity contribution in [2.24, 2.45) is 0 Å². The summed E-state index contributed by atoms with van der Waals surface area (Å²) in [6.45, 7) is 2.42. The van der Waals surface area contributed by atoms with Crippen LogP contribution in [-0.4, -0.2) is 32.4 Å². The zero-order chi connectivity index (χ0) is 12.5. The molecule has 1 aromatic carbocycles. The summed E-state index contributed by atoms with van der Waals surface area (Å²) in [6, 6.07) is 7.24. The molecule has 17 heavy (non-hydrogen) atoms. The highest BCUT2D eigenvalue weighted by molar-refractivity contribution is 7.89. The number of anilines is 1. The molecule has 0 atom stereocenters. The molecule has 0 unspecified atom stereocenters. The quantitative estimate of drug-likeness (QED) is 0.873. The fourth-order valence-electron chi connectivity index (χ4n) is 2.01. The van der Waals surface area contributed by atoms with Gasteiger partial charge in [0.25, 0.3) is 0 Å². The predicted octanol–water partition coefficient (Wildman–Crippen LogP) is 1.90. The maximum absolute atomic E-state index is 12.5. The molecule has 0 aromatic heterocycles. The van der Waals surface area contributed by atoms with Crippen molar-refractivity contribution in [3.63, 3.8) is 0 Å². The molecule has 1 fully saturated rings. The first-order valence-corrected chi connectivity index (χ1v) is 7.34. The van der Waals surface area contributed by atoms with E-state index in [2.05, 4.69) is 5.32 Å². The van der Waals surface area contributed by atoms with Crippen LogP contribution < -0.4 is 5.32 Å². The lowest BCUT2D eigenvalue weighted by molar-refractivity contribution is 0.421. The molecule has 0 aliphatic heterocycles. The van der Waals surface area contributed by atoms with Gasteiger partial charge in [0.1, 0.15) is 4.90 Å². The Bertz CT molecular complexity index is 495. The van der Waals surface area contributed by atoms with Gasteiger partial charge in [-0.15, -0.1) is 0 Å². The summed E-state index contributed by atoms with van der Waals surface area (Å²) in [7, 11) is -1.62. The minimum Gasteiger partial charge on any atom is -0.387 e. The first-order chi connectivity index (χ1) is 8.11. The minimum atomic E-state index is -3.36. The van der Waals surface area contributed by atoms with Crippen molar-refractivity contribution in [2.75, 3.05) is 18.9 Å². The Morgan fingerprint density at radius 2 is 2.00 bits per heavy atom. The monoisotopic (exact) mass is 254 g/mol. The van der Waals surface area contributed by atoms with Crippen molar-refractivity contribution in [1.29, 1.82) is 0 Å². The number of nitrogens with one attached hydrogen (secondary N) is 1. The van der Waals surface area contributed by atoms with Crippen molar-refractivity contribution in [3.8, 4) is 0 Å². The molecule has 1 N–H and O–H groups in total. The Kier molecular flexibility index (Phi) is 3.40. The summed E-state index contributed by atoms with van der Waals surface area (Å²) in [4.78, 5) is 0.372. The molecule has 0 bridgehead atoms. The van der Waals surface area contributed by atoms with Crippen LogP contribution in [0.4, 0.5) is 5.69 Å². The maximum Gasteiger partial charge on any atom is 0.245 e. The van der Waals surface area contributed by atoms with E-state index in [0.29, 0.717) is 17.1 Å².